The molecule has 0 radical (unpaired) electrons. The first-order valence-electron chi connectivity index (χ1n) is 10.5. The van der Waals surface area contributed by atoms with Gasteiger partial charge in [0.1, 0.15) is 30.2 Å². The van der Waals surface area contributed by atoms with Gasteiger partial charge in [0.15, 0.2) is 5.11 Å². The van der Waals surface area contributed by atoms with Crippen LogP contribution in [0.15, 0.2) is 53.5 Å². The molecule has 0 aliphatic carbocycles. The second-order valence-electron chi connectivity index (χ2n) is 7.96. The van der Waals surface area contributed by atoms with Crippen molar-refractivity contribution in [1.82, 2.24) is 5.32 Å². The summed E-state index contributed by atoms with van der Waals surface area (Å²) in [4.78, 5) is 15.1. The Balaban J connectivity index is 1.47. The fourth-order valence-electron chi connectivity index (χ4n) is 3.86. The molecular formula is C22H23N3O8S. The van der Waals surface area contributed by atoms with E-state index in [9.17, 15) is 30.5 Å². The zero-order chi connectivity index (χ0) is 24.4. The van der Waals surface area contributed by atoms with Crippen molar-refractivity contribution >= 4 is 28.7 Å². The second-order valence-corrected chi connectivity index (χ2v) is 8.34. The third-order valence-electron chi connectivity index (χ3n) is 5.70. The Morgan fingerprint density at radius 1 is 1.15 bits per heavy atom. The highest BCUT2D eigenvalue weighted by Crippen LogP contribution is 2.28. The summed E-state index contributed by atoms with van der Waals surface area (Å²) in [6, 6.07) is 12.7. The third-order valence-corrected chi connectivity index (χ3v) is 5.91. The molecule has 0 spiro atoms. The number of non-ortho nitro benzene ring substituents is 1. The Bertz CT molecular complexity index is 1090. The number of nitrogens with one attached hydrogen (secondary N) is 1. The maximum atomic E-state index is 11.1. The Labute approximate surface area is 199 Å². The van der Waals surface area contributed by atoms with Crippen LogP contribution in [-0.4, -0.2) is 73.5 Å². The molecule has 12 heteroatoms. The molecule has 34 heavy (non-hydrogen) atoms. The fraction of sp³-hybridized carbons (Fsp3) is 0.364. The molecule has 1 saturated heterocycles. The van der Waals surface area contributed by atoms with E-state index in [1.807, 2.05) is 0 Å². The summed E-state index contributed by atoms with van der Waals surface area (Å²) in [6.07, 6.45) is -6.44. The number of rotatable bonds is 6. The molecular weight excluding hydrogens is 466 g/mol. The van der Waals surface area contributed by atoms with Crippen molar-refractivity contribution in [2.45, 2.75) is 43.2 Å². The summed E-state index contributed by atoms with van der Waals surface area (Å²) in [5.41, 5.74) is 2.13. The number of aliphatic hydroxyl groups is 4. The predicted molar refractivity (Wildman–Crippen MR) is 124 cm³/mol. The lowest BCUT2D eigenvalue weighted by atomic mass is 9.95. The number of nitrogens with zero attached hydrogens (tertiary/aromatic N) is 2. The third kappa shape index (κ3) is 5.06. The van der Waals surface area contributed by atoms with Gasteiger partial charge in [0.05, 0.1) is 23.3 Å². The first-order valence-corrected chi connectivity index (χ1v) is 10.9. The largest absolute Gasteiger partial charge is 0.462 e. The number of nitro groups is 1. The van der Waals surface area contributed by atoms with Crippen LogP contribution in [-0.2, 0) is 4.74 Å². The topological polar surface area (TPSA) is 167 Å². The lowest BCUT2D eigenvalue weighted by molar-refractivity contribution is -0.384. The average molecular weight is 490 g/mol. The van der Waals surface area contributed by atoms with Gasteiger partial charge in [0.25, 0.3) is 5.69 Å². The van der Waals surface area contributed by atoms with Crippen LogP contribution in [0.25, 0.3) is 0 Å². The molecule has 0 amide bonds. The van der Waals surface area contributed by atoms with Gasteiger partial charge < -0.3 is 35.2 Å². The van der Waals surface area contributed by atoms with Crippen molar-refractivity contribution in [2.75, 3.05) is 6.61 Å². The number of thiocarbonyl (C=S) groups is 1. The minimum absolute atomic E-state index is 0.0102. The van der Waals surface area contributed by atoms with Gasteiger partial charge in [0, 0.05) is 18.6 Å². The van der Waals surface area contributed by atoms with E-state index in [2.05, 4.69) is 10.3 Å². The molecule has 0 bridgehead atoms. The number of hydrogen-bond donors (Lipinski definition) is 5. The number of aliphatic hydroxyl groups excluding tert-OH is 4. The van der Waals surface area contributed by atoms with Gasteiger partial charge in [-0.3, -0.25) is 10.1 Å². The lowest BCUT2D eigenvalue weighted by Gasteiger charge is -2.39. The average Bonchev–Trinajstić information content (AvgIpc) is 2.84. The molecule has 1 fully saturated rings. The summed E-state index contributed by atoms with van der Waals surface area (Å²) in [5, 5.41) is 53.7. The van der Waals surface area contributed by atoms with Gasteiger partial charge in [0.2, 0.25) is 6.29 Å². The first-order chi connectivity index (χ1) is 16.3. The minimum Gasteiger partial charge on any atom is -0.462 e. The van der Waals surface area contributed by atoms with Crippen LogP contribution in [0.1, 0.15) is 23.6 Å². The Hall–Kier alpha value is -3.00. The molecule has 2 aromatic carbocycles. The summed E-state index contributed by atoms with van der Waals surface area (Å²) in [5.74, 6) is 0.320. The molecule has 2 aliphatic heterocycles. The van der Waals surface area contributed by atoms with Crippen molar-refractivity contribution in [1.29, 1.82) is 0 Å². The zero-order valence-electron chi connectivity index (χ0n) is 17.7. The molecule has 6 atom stereocenters. The van der Waals surface area contributed by atoms with Crippen LogP contribution in [0.4, 0.5) is 5.69 Å². The molecule has 2 aromatic rings. The highest BCUT2D eigenvalue weighted by atomic mass is 32.1. The van der Waals surface area contributed by atoms with E-state index in [1.165, 1.54) is 12.1 Å². The van der Waals surface area contributed by atoms with Gasteiger partial charge in [-0.1, -0.05) is 12.1 Å². The molecule has 5 N–H and O–H groups in total. The van der Waals surface area contributed by atoms with E-state index in [0.29, 0.717) is 23.4 Å². The quantitative estimate of drug-likeness (QED) is 0.220. The molecule has 11 nitrogen and oxygen atoms in total. The van der Waals surface area contributed by atoms with Crippen LogP contribution in [0.3, 0.4) is 0 Å². The Morgan fingerprint density at radius 2 is 1.88 bits per heavy atom. The van der Waals surface area contributed by atoms with E-state index >= 15 is 0 Å². The smallest absolute Gasteiger partial charge is 0.269 e. The van der Waals surface area contributed by atoms with Crippen molar-refractivity contribution in [3.05, 3.63) is 69.8 Å². The van der Waals surface area contributed by atoms with Crippen LogP contribution in [0.5, 0.6) is 5.75 Å². The maximum Gasteiger partial charge on any atom is 0.269 e. The van der Waals surface area contributed by atoms with E-state index in [4.69, 9.17) is 21.7 Å². The highest BCUT2D eigenvalue weighted by molar-refractivity contribution is 7.80. The van der Waals surface area contributed by atoms with Crippen molar-refractivity contribution in [3.63, 3.8) is 0 Å². The molecule has 2 aliphatic rings. The fourth-order valence-corrected chi connectivity index (χ4v) is 4.11. The number of nitro benzene ring substituents is 1. The number of hydrogen-bond acceptors (Lipinski definition) is 9. The first kappa shape index (κ1) is 24.1. The van der Waals surface area contributed by atoms with Crippen LogP contribution >= 0.6 is 12.2 Å². The monoisotopic (exact) mass is 489 g/mol. The number of benzene rings is 2. The van der Waals surface area contributed by atoms with Crippen molar-refractivity contribution < 1.29 is 34.8 Å². The summed E-state index contributed by atoms with van der Waals surface area (Å²) >= 11 is 5.27. The van der Waals surface area contributed by atoms with Gasteiger partial charge in [-0.05, 0) is 47.6 Å². The van der Waals surface area contributed by atoms with Gasteiger partial charge in [-0.15, -0.1) is 0 Å². The van der Waals surface area contributed by atoms with Gasteiger partial charge >= 0.3 is 0 Å². The summed E-state index contributed by atoms with van der Waals surface area (Å²) < 4.78 is 11.0. The highest BCUT2D eigenvalue weighted by Gasteiger charge is 2.44. The molecule has 2 heterocycles. The number of ether oxygens (including phenoxy) is 2. The van der Waals surface area contributed by atoms with Gasteiger partial charge in [-0.2, -0.15) is 0 Å². The van der Waals surface area contributed by atoms with E-state index in [1.54, 1.807) is 36.4 Å². The molecule has 1 unspecified atom stereocenters. The Morgan fingerprint density at radius 3 is 2.56 bits per heavy atom. The normalized spacial score (nSPS) is 29.2. The standard InChI is InChI=1S/C22H23N3O8S/c26-10-17-18(27)19(28)20(29)21(33-17)32-14-6-4-11(5-7-14)15-9-16(24-22(34)23-15)12-2-1-3-13(8-12)25(30)31/h1-8,16-21,26-29H,9-10H2,(H,24,34)/t16?,17-,18-,19+,20-,21-/m1/s1. The molecule has 180 valence electrons. The second kappa shape index (κ2) is 10.1. The van der Waals surface area contributed by atoms with Gasteiger partial charge in [-0.25, -0.2) is 4.99 Å². The predicted octanol–water partition coefficient (Wildman–Crippen LogP) is 0.582. The molecule has 0 aromatic heterocycles. The van der Waals surface area contributed by atoms with E-state index in [-0.39, 0.29) is 16.8 Å². The molecule has 4 rings (SSSR count). The Kier molecular flexibility index (Phi) is 7.16. The zero-order valence-corrected chi connectivity index (χ0v) is 18.5. The minimum atomic E-state index is -1.54. The van der Waals surface area contributed by atoms with Crippen molar-refractivity contribution in [2.24, 2.45) is 4.99 Å². The maximum absolute atomic E-state index is 11.1. The lowest BCUT2D eigenvalue weighted by Crippen LogP contribution is -2.60. The molecule has 0 saturated carbocycles. The van der Waals surface area contributed by atoms with Crippen LogP contribution in [0.2, 0.25) is 0 Å². The van der Waals surface area contributed by atoms with Crippen molar-refractivity contribution in [3.8, 4) is 5.75 Å². The summed E-state index contributed by atoms with van der Waals surface area (Å²) in [7, 11) is 0. The van der Waals surface area contributed by atoms with E-state index in [0.717, 1.165) is 5.56 Å². The van der Waals surface area contributed by atoms with E-state index < -0.39 is 42.2 Å². The van der Waals surface area contributed by atoms with Crippen LogP contribution in [0, 0.1) is 10.1 Å². The van der Waals surface area contributed by atoms with Crippen LogP contribution < -0.4 is 10.1 Å². The number of aliphatic imine (C=N–C) groups is 1. The summed E-state index contributed by atoms with van der Waals surface area (Å²) in [6.45, 7) is -0.552. The SMILES string of the molecule is O=[N+]([O-])c1cccc(C2CC(c3ccc(O[C@@H]4O[C@H](CO)[C@@H](O)[C@H](O)[C@H]4O)cc3)=NC(=S)N2)c1.